The molecule has 2 aromatic carbocycles. The average molecular weight is 358 g/mol. The van der Waals surface area contributed by atoms with Crippen molar-refractivity contribution in [3.63, 3.8) is 0 Å². The number of rotatable bonds is 3. The molecule has 0 atom stereocenters. The van der Waals surface area contributed by atoms with Crippen LogP contribution < -0.4 is 5.43 Å². The number of aromatic nitrogens is 1. The van der Waals surface area contributed by atoms with Crippen molar-refractivity contribution in [2.24, 2.45) is 5.10 Å². The molecule has 1 N–H and O–H groups in total. The number of pyridine rings is 1. The van der Waals surface area contributed by atoms with Crippen molar-refractivity contribution in [1.82, 2.24) is 10.4 Å². The lowest BCUT2D eigenvalue weighted by molar-refractivity contribution is 0.0955. The van der Waals surface area contributed by atoms with Gasteiger partial charge in [0.2, 0.25) is 0 Å². The first kappa shape index (κ1) is 16.4. The summed E-state index contributed by atoms with van der Waals surface area (Å²) in [5.41, 5.74) is 5.33. The highest BCUT2D eigenvalue weighted by Crippen LogP contribution is 2.20. The lowest BCUT2D eigenvalue weighted by Crippen LogP contribution is -2.18. The van der Waals surface area contributed by atoms with E-state index in [-0.39, 0.29) is 0 Å². The second-order valence-electron chi connectivity index (χ2n) is 5.24. The van der Waals surface area contributed by atoms with Gasteiger partial charge in [0.15, 0.2) is 0 Å². The van der Waals surface area contributed by atoms with E-state index in [0.717, 1.165) is 16.5 Å². The zero-order chi connectivity index (χ0) is 17.1. The molecule has 0 saturated heterocycles. The van der Waals surface area contributed by atoms with Crippen molar-refractivity contribution >= 4 is 46.2 Å². The third-order valence-corrected chi connectivity index (χ3v) is 4.07. The van der Waals surface area contributed by atoms with E-state index in [1.165, 1.54) is 6.21 Å². The van der Waals surface area contributed by atoms with Crippen LogP contribution in [0.5, 0.6) is 0 Å². The molecule has 0 saturated carbocycles. The number of halogens is 2. The Labute approximate surface area is 149 Å². The van der Waals surface area contributed by atoms with Crippen LogP contribution in [-0.2, 0) is 0 Å². The van der Waals surface area contributed by atoms with Crippen LogP contribution in [0.25, 0.3) is 10.9 Å². The van der Waals surface area contributed by atoms with Gasteiger partial charge in [-0.1, -0.05) is 47.5 Å². The third kappa shape index (κ3) is 3.55. The fourth-order valence-electron chi connectivity index (χ4n) is 2.23. The second kappa shape index (κ2) is 6.99. The van der Waals surface area contributed by atoms with Crippen molar-refractivity contribution in [2.75, 3.05) is 0 Å². The first-order valence-corrected chi connectivity index (χ1v) is 7.95. The van der Waals surface area contributed by atoms with Crippen LogP contribution in [0.15, 0.2) is 53.6 Å². The van der Waals surface area contributed by atoms with Gasteiger partial charge in [0.25, 0.3) is 5.91 Å². The Morgan fingerprint density at radius 3 is 2.75 bits per heavy atom. The zero-order valence-electron chi connectivity index (χ0n) is 12.8. The van der Waals surface area contributed by atoms with Crippen molar-refractivity contribution < 1.29 is 4.79 Å². The summed E-state index contributed by atoms with van der Waals surface area (Å²) < 4.78 is 0. The normalized spacial score (nSPS) is 11.1. The molecule has 0 aliphatic carbocycles. The number of amides is 1. The van der Waals surface area contributed by atoms with E-state index >= 15 is 0 Å². The predicted molar refractivity (Wildman–Crippen MR) is 98.0 cm³/mol. The molecule has 3 rings (SSSR count). The minimum Gasteiger partial charge on any atom is -0.267 e. The summed E-state index contributed by atoms with van der Waals surface area (Å²) in [4.78, 5) is 16.4. The minimum absolute atomic E-state index is 0.323. The Balaban J connectivity index is 1.80. The largest absolute Gasteiger partial charge is 0.272 e. The Hall–Kier alpha value is -2.43. The zero-order valence-corrected chi connectivity index (χ0v) is 14.3. The van der Waals surface area contributed by atoms with E-state index in [1.807, 2.05) is 31.2 Å². The number of hydrazone groups is 1. The maximum atomic E-state index is 12.0. The topological polar surface area (TPSA) is 54.4 Å². The van der Waals surface area contributed by atoms with Crippen LogP contribution in [0.3, 0.4) is 0 Å². The number of aryl methyl sites for hydroxylation is 1. The average Bonchev–Trinajstić information content (AvgIpc) is 2.55. The number of carbonyl (C=O) groups excluding carboxylic acids is 1. The molecule has 6 heteroatoms. The van der Waals surface area contributed by atoms with Crippen molar-refractivity contribution in [3.05, 3.63) is 75.4 Å². The Morgan fingerprint density at radius 2 is 1.96 bits per heavy atom. The van der Waals surface area contributed by atoms with Gasteiger partial charge < -0.3 is 0 Å². The molecule has 24 heavy (non-hydrogen) atoms. The predicted octanol–water partition coefficient (Wildman–Crippen LogP) is 4.61. The highest BCUT2D eigenvalue weighted by molar-refractivity contribution is 6.34. The van der Waals surface area contributed by atoms with Crippen molar-refractivity contribution in [3.8, 4) is 0 Å². The Morgan fingerprint density at radius 1 is 1.17 bits per heavy atom. The molecule has 0 spiro atoms. The summed E-state index contributed by atoms with van der Waals surface area (Å²) in [6.07, 6.45) is 1.46. The molecule has 1 heterocycles. The second-order valence-corrected chi connectivity index (χ2v) is 6.01. The van der Waals surface area contributed by atoms with E-state index < -0.39 is 5.91 Å². The van der Waals surface area contributed by atoms with Crippen LogP contribution in [0.1, 0.15) is 21.5 Å². The standard InChI is InChI=1S/C18H13Cl2N3O/c1-11-6-7-12-9-13(17(20)22-16(12)8-11)10-21-23-18(24)14-4-2-3-5-15(14)19/h2-10H,1H3,(H,23,24)/b21-10+. The van der Waals surface area contributed by atoms with E-state index in [9.17, 15) is 4.79 Å². The summed E-state index contributed by atoms with van der Waals surface area (Å²) in [6.45, 7) is 1.99. The maximum Gasteiger partial charge on any atom is 0.272 e. The van der Waals surface area contributed by atoms with E-state index in [4.69, 9.17) is 23.2 Å². The van der Waals surface area contributed by atoms with Gasteiger partial charge in [-0.3, -0.25) is 4.79 Å². The molecule has 3 aromatic rings. The molecule has 0 radical (unpaired) electrons. The SMILES string of the molecule is Cc1ccc2cc(/C=N/NC(=O)c3ccccc3Cl)c(Cl)nc2c1. The molecule has 0 aliphatic rings. The monoisotopic (exact) mass is 357 g/mol. The van der Waals surface area contributed by atoms with Gasteiger partial charge in [0.1, 0.15) is 5.15 Å². The molecule has 0 bridgehead atoms. The van der Waals surface area contributed by atoms with Gasteiger partial charge in [-0.05, 0) is 36.8 Å². The molecule has 1 aromatic heterocycles. The molecule has 4 nitrogen and oxygen atoms in total. The molecule has 0 fully saturated rings. The van der Waals surface area contributed by atoms with E-state index in [2.05, 4.69) is 15.5 Å². The number of hydrogen-bond donors (Lipinski definition) is 1. The van der Waals surface area contributed by atoms with Gasteiger partial charge in [-0.25, -0.2) is 10.4 Å². The molecule has 120 valence electrons. The van der Waals surface area contributed by atoms with Crippen LogP contribution in [0.2, 0.25) is 10.2 Å². The first-order valence-electron chi connectivity index (χ1n) is 7.19. The highest BCUT2D eigenvalue weighted by Gasteiger charge is 2.08. The number of fused-ring (bicyclic) bond motifs is 1. The van der Waals surface area contributed by atoms with Gasteiger partial charge in [-0.2, -0.15) is 5.10 Å². The highest BCUT2D eigenvalue weighted by atomic mass is 35.5. The molecule has 1 amide bonds. The molecular weight excluding hydrogens is 345 g/mol. The lowest BCUT2D eigenvalue weighted by atomic mass is 10.1. The number of nitrogens with zero attached hydrogens (tertiary/aromatic N) is 2. The van der Waals surface area contributed by atoms with E-state index in [1.54, 1.807) is 24.3 Å². The lowest BCUT2D eigenvalue weighted by Gasteiger charge is -2.04. The quantitative estimate of drug-likeness (QED) is 0.422. The van der Waals surface area contributed by atoms with Gasteiger partial charge in [-0.15, -0.1) is 0 Å². The van der Waals surface area contributed by atoms with Crippen LogP contribution in [0, 0.1) is 6.92 Å². The van der Waals surface area contributed by atoms with Crippen molar-refractivity contribution in [2.45, 2.75) is 6.92 Å². The summed E-state index contributed by atoms with van der Waals surface area (Å²) in [5.74, 6) is -0.391. The van der Waals surface area contributed by atoms with Gasteiger partial charge >= 0.3 is 0 Å². The van der Waals surface area contributed by atoms with Gasteiger partial charge in [0, 0.05) is 10.9 Å². The fourth-order valence-corrected chi connectivity index (χ4v) is 2.64. The first-order chi connectivity index (χ1) is 11.5. The maximum absolute atomic E-state index is 12.0. The van der Waals surface area contributed by atoms with Crippen molar-refractivity contribution in [1.29, 1.82) is 0 Å². The summed E-state index contributed by atoms with van der Waals surface area (Å²) in [6, 6.07) is 14.6. The number of carbonyl (C=O) groups is 1. The van der Waals surface area contributed by atoms with E-state index in [0.29, 0.717) is 21.3 Å². The molecule has 0 unspecified atom stereocenters. The van der Waals surface area contributed by atoms with Crippen LogP contribution >= 0.6 is 23.2 Å². The summed E-state index contributed by atoms with van der Waals surface area (Å²) in [7, 11) is 0. The molecule has 0 aliphatic heterocycles. The number of hydrogen-bond acceptors (Lipinski definition) is 3. The smallest absolute Gasteiger partial charge is 0.267 e. The Bertz CT molecular complexity index is 954. The summed E-state index contributed by atoms with van der Waals surface area (Å²) in [5, 5.41) is 5.57. The number of benzene rings is 2. The Kier molecular flexibility index (Phi) is 4.79. The number of nitrogens with one attached hydrogen (secondary N) is 1. The van der Waals surface area contributed by atoms with Crippen LogP contribution in [-0.4, -0.2) is 17.1 Å². The molecular formula is C18H13Cl2N3O. The fraction of sp³-hybridized carbons (Fsp3) is 0.0556. The third-order valence-electron chi connectivity index (χ3n) is 3.44. The minimum atomic E-state index is -0.391. The summed E-state index contributed by atoms with van der Waals surface area (Å²) >= 11 is 12.2. The van der Waals surface area contributed by atoms with Crippen LogP contribution in [0.4, 0.5) is 0 Å². The van der Waals surface area contributed by atoms with Gasteiger partial charge in [0.05, 0.1) is 22.3 Å².